The maximum atomic E-state index is 13.1. The van der Waals surface area contributed by atoms with E-state index in [1.807, 2.05) is 0 Å². The molecule has 7 heteroatoms. The lowest BCUT2D eigenvalue weighted by molar-refractivity contribution is -0.122. The lowest BCUT2D eigenvalue weighted by atomic mass is 10.2. The van der Waals surface area contributed by atoms with Crippen LogP contribution in [0.3, 0.4) is 0 Å². The molecule has 1 aliphatic rings. The molecule has 20 heavy (non-hydrogen) atoms. The highest BCUT2D eigenvalue weighted by Crippen LogP contribution is 2.25. The fraction of sp³-hybridized carbons (Fsp3) is 0.462. The van der Waals surface area contributed by atoms with Crippen molar-refractivity contribution in [2.75, 3.05) is 18.0 Å². The molecule has 1 fully saturated rings. The Labute approximate surface area is 128 Å². The fourth-order valence-electron chi connectivity index (χ4n) is 2.13. The van der Waals surface area contributed by atoms with Crippen LogP contribution >= 0.6 is 24.0 Å². The largest absolute Gasteiger partial charge is 0.369 e. The minimum absolute atomic E-state index is 0. The molecule has 2 atom stereocenters. The Kier molecular flexibility index (Phi) is 6.05. The van der Waals surface area contributed by atoms with Crippen LogP contribution in [-0.2, 0) is 4.79 Å². The Morgan fingerprint density at radius 3 is 2.90 bits per heavy atom. The van der Waals surface area contributed by atoms with E-state index in [-0.39, 0.29) is 29.4 Å². The Balaban J connectivity index is 0.00000200. The summed E-state index contributed by atoms with van der Waals surface area (Å²) in [5.41, 5.74) is 6.38. The monoisotopic (exact) mass is 321 g/mol. The fourth-order valence-corrected chi connectivity index (χ4v) is 2.30. The molecule has 0 radical (unpaired) electrons. The second-order valence-corrected chi connectivity index (χ2v) is 5.23. The molecule has 1 heterocycles. The van der Waals surface area contributed by atoms with Crippen molar-refractivity contribution in [1.82, 2.24) is 5.32 Å². The maximum absolute atomic E-state index is 13.1. The van der Waals surface area contributed by atoms with Crippen LogP contribution in [0.4, 0.5) is 10.1 Å². The SMILES string of the molecule is C[C@@H](N)C(=O)NC1CCN(c2ccc(F)c(Cl)c2)C1.Cl. The molecular formula is C13H18Cl2FN3O. The van der Waals surface area contributed by atoms with Gasteiger partial charge in [0.25, 0.3) is 0 Å². The Morgan fingerprint density at radius 1 is 1.60 bits per heavy atom. The maximum Gasteiger partial charge on any atom is 0.236 e. The van der Waals surface area contributed by atoms with Gasteiger partial charge >= 0.3 is 0 Å². The van der Waals surface area contributed by atoms with E-state index in [1.54, 1.807) is 19.1 Å². The Bertz CT molecular complexity index is 485. The van der Waals surface area contributed by atoms with Gasteiger partial charge in [-0.15, -0.1) is 12.4 Å². The van der Waals surface area contributed by atoms with Crippen molar-refractivity contribution in [1.29, 1.82) is 0 Å². The van der Waals surface area contributed by atoms with Gasteiger partial charge in [0.15, 0.2) is 0 Å². The zero-order chi connectivity index (χ0) is 14.0. The number of hydrogen-bond acceptors (Lipinski definition) is 3. The molecule has 4 nitrogen and oxygen atoms in total. The third kappa shape index (κ3) is 3.98. The van der Waals surface area contributed by atoms with Gasteiger partial charge in [0.05, 0.1) is 11.1 Å². The highest BCUT2D eigenvalue weighted by molar-refractivity contribution is 6.31. The van der Waals surface area contributed by atoms with Gasteiger partial charge < -0.3 is 16.0 Å². The van der Waals surface area contributed by atoms with Gasteiger partial charge in [-0.3, -0.25) is 4.79 Å². The number of hydrogen-bond donors (Lipinski definition) is 2. The van der Waals surface area contributed by atoms with Crippen molar-refractivity contribution >= 4 is 35.6 Å². The molecule has 0 aliphatic carbocycles. The summed E-state index contributed by atoms with van der Waals surface area (Å²) in [5, 5.41) is 3.00. The van der Waals surface area contributed by atoms with Gasteiger partial charge in [0.1, 0.15) is 5.82 Å². The minimum Gasteiger partial charge on any atom is -0.369 e. The number of nitrogens with two attached hydrogens (primary N) is 1. The van der Waals surface area contributed by atoms with E-state index in [1.165, 1.54) is 6.07 Å². The van der Waals surface area contributed by atoms with E-state index >= 15 is 0 Å². The summed E-state index contributed by atoms with van der Waals surface area (Å²) in [7, 11) is 0. The van der Waals surface area contributed by atoms with Crippen molar-refractivity contribution < 1.29 is 9.18 Å². The average molecular weight is 322 g/mol. The number of rotatable bonds is 3. The molecule has 2 rings (SSSR count). The summed E-state index contributed by atoms with van der Waals surface area (Å²) in [6.45, 7) is 3.13. The number of carbonyl (C=O) groups is 1. The summed E-state index contributed by atoms with van der Waals surface area (Å²) in [6, 6.07) is 4.21. The van der Waals surface area contributed by atoms with Gasteiger partial charge in [-0.25, -0.2) is 4.39 Å². The normalized spacial score (nSPS) is 19.4. The van der Waals surface area contributed by atoms with Crippen LogP contribution in [0.2, 0.25) is 5.02 Å². The van der Waals surface area contributed by atoms with Crippen molar-refractivity contribution in [3.63, 3.8) is 0 Å². The van der Waals surface area contributed by atoms with E-state index in [0.29, 0.717) is 6.54 Å². The van der Waals surface area contributed by atoms with E-state index < -0.39 is 11.9 Å². The topological polar surface area (TPSA) is 58.4 Å². The standard InChI is InChI=1S/C13H17ClFN3O.ClH/c1-8(16)13(19)17-9-4-5-18(7-9)10-2-3-12(15)11(14)6-10;/h2-3,6,8-9H,4-5,7,16H2,1H3,(H,17,19);1H/t8-,9?;/m1./s1. The van der Waals surface area contributed by atoms with Gasteiger partial charge in [-0.2, -0.15) is 0 Å². The molecule has 0 spiro atoms. The summed E-state index contributed by atoms with van der Waals surface area (Å²) in [5.74, 6) is -0.574. The number of anilines is 1. The van der Waals surface area contributed by atoms with Crippen molar-refractivity contribution in [3.05, 3.63) is 29.0 Å². The first-order valence-electron chi connectivity index (χ1n) is 6.23. The second kappa shape index (κ2) is 7.11. The smallest absolute Gasteiger partial charge is 0.236 e. The molecule has 1 amide bonds. The van der Waals surface area contributed by atoms with Crippen LogP contribution in [0.1, 0.15) is 13.3 Å². The van der Waals surface area contributed by atoms with Crippen LogP contribution in [-0.4, -0.2) is 31.1 Å². The number of carbonyl (C=O) groups excluding carboxylic acids is 1. The van der Waals surface area contributed by atoms with E-state index in [2.05, 4.69) is 10.2 Å². The van der Waals surface area contributed by atoms with E-state index in [4.69, 9.17) is 17.3 Å². The Morgan fingerprint density at radius 2 is 2.30 bits per heavy atom. The van der Waals surface area contributed by atoms with Gasteiger partial charge in [-0.1, -0.05) is 11.6 Å². The van der Waals surface area contributed by atoms with E-state index in [0.717, 1.165) is 18.7 Å². The summed E-state index contributed by atoms with van der Waals surface area (Å²) in [6.07, 6.45) is 0.841. The summed E-state index contributed by atoms with van der Waals surface area (Å²) >= 11 is 5.77. The van der Waals surface area contributed by atoms with Crippen LogP contribution in [0.5, 0.6) is 0 Å². The van der Waals surface area contributed by atoms with Gasteiger partial charge in [0, 0.05) is 24.8 Å². The third-order valence-electron chi connectivity index (χ3n) is 3.22. The zero-order valence-corrected chi connectivity index (χ0v) is 12.7. The first-order valence-corrected chi connectivity index (χ1v) is 6.61. The predicted octanol–water partition coefficient (Wildman–Crippen LogP) is 1.94. The Hall–Kier alpha value is -1.04. The van der Waals surface area contributed by atoms with Crippen LogP contribution in [0, 0.1) is 5.82 Å². The molecule has 3 N–H and O–H groups in total. The van der Waals surface area contributed by atoms with Gasteiger partial charge in [-0.05, 0) is 31.5 Å². The molecule has 0 bridgehead atoms. The minimum atomic E-state index is -0.505. The number of nitrogens with zero attached hydrogens (tertiary/aromatic N) is 1. The van der Waals surface area contributed by atoms with Crippen molar-refractivity contribution in [3.8, 4) is 0 Å². The van der Waals surface area contributed by atoms with Gasteiger partial charge in [0.2, 0.25) is 5.91 Å². The predicted molar refractivity (Wildman–Crippen MR) is 81.1 cm³/mol. The highest BCUT2D eigenvalue weighted by atomic mass is 35.5. The average Bonchev–Trinajstić information content (AvgIpc) is 2.81. The molecule has 1 unspecified atom stereocenters. The number of halogens is 3. The summed E-state index contributed by atoms with van der Waals surface area (Å²) < 4.78 is 13.1. The van der Waals surface area contributed by atoms with Crippen LogP contribution in [0.25, 0.3) is 0 Å². The molecule has 1 aromatic carbocycles. The number of nitrogens with one attached hydrogen (secondary N) is 1. The lowest BCUT2D eigenvalue weighted by Gasteiger charge is -2.20. The second-order valence-electron chi connectivity index (χ2n) is 4.83. The van der Waals surface area contributed by atoms with Crippen LogP contribution in [0.15, 0.2) is 18.2 Å². The van der Waals surface area contributed by atoms with Crippen molar-refractivity contribution in [2.45, 2.75) is 25.4 Å². The van der Waals surface area contributed by atoms with Crippen LogP contribution < -0.4 is 16.0 Å². The molecular weight excluding hydrogens is 304 g/mol. The molecule has 112 valence electrons. The van der Waals surface area contributed by atoms with E-state index in [9.17, 15) is 9.18 Å². The first kappa shape index (κ1) is 17.0. The molecule has 0 aromatic heterocycles. The third-order valence-corrected chi connectivity index (χ3v) is 3.51. The first-order chi connectivity index (χ1) is 8.97. The highest BCUT2D eigenvalue weighted by Gasteiger charge is 2.25. The zero-order valence-electron chi connectivity index (χ0n) is 11.1. The quantitative estimate of drug-likeness (QED) is 0.894. The number of benzene rings is 1. The van der Waals surface area contributed by atoms with Crippen molar-refractivity contribution in [2.24, 2.45) is 5.73 Å². The molecule has 1 saturated heterocycles. The number of amides is 1. The lowest BCUT2D eigenvalue weighted by Crippen LogP contribution is -2.44. The molecule has 1 aliphatic heterocycles. The summed E-state index contributed by atoms with van der Waals surface area (Å²) in [4.78, 5) is 13.6. The molecule has 1 aromatic rings. The molecule has 0 saturated carbocycles.